The number of hydrogen-bond donors (Lipinski definition) is 2. The zero-order chi connectivity index (χ0) is 14.8. The van der Waals surface area contributed by atoms with Crippen LogP contribution in [0.1, 0.15) is 18.5 Å². The maximum Gasteiger partial charge on any atom is 0.238 e. The lowest BCUT2D eigenvalue weighted by molar-refractivity contribution is 0.597. The van der Waals surface area contributed by atoms with Crippen molar-refractivity contribution in [2.24, 2.45) is 5.14 Å². The first-order valence-electron chi connectivity index (χ1n) is 5.87. The number of sulfonamides is 1. The van der Waals surface area contributed by atoms with Crippen LogP contribution in [0.2, 0.25) is 0 Å². The fourth-order valence-corrected chi connectivity index (χ4v) is 2.56. The lowest BCUT2D eigenvalue weighted by atomic mass is 10.1. The third-order valence-corrected chi connectivity index (χ3v) is 4.18. The Balaban J connectivity index is 2.21. The van der Waals surface area contributed by atoms with E-state index in [-0.39, 0.29) is 10.9 Å². The van der Waals surface area contributed by atoms with Crippen LogP contribution in [0.5, 0.6) is 0 Å². The Kier molecular flexibility index (Phi) is 4.42. The van der Waals surface area contributed by atoms with Crippen molar-refractivity contribution in [3.63, 3.8) is 0 Å². The Labute approximate surface area is 126 Å². The highest BCUT2D eigenvalue weighted by Gasteiger charge is 2.11. The van der Waals surface area contributed by atoms with Crippen LogP contribution < -0.4 is 10.5 Å². The molecule has 0 saturated heterocycles. The van der Waals surface area contributed by atoms with Gasteiger partial charge in [-0.3, -0.25) is 0 Å². The molecule has 3 N–H and O–H groups in total. The Morgan fingerprint density at radius 2 is 2.05 bits per heavy atom. The number of anilines is 1. The van der Waals surface area contributed by atoms with E-state index < -0.39 is 10.0 Å². The molecular weight excluding hydrogens is 342 g/mol. The van der Waals surface area contributed by atoms with Gasteiger partial charge in [0.2, 0.25) is 10.0 Å². The van der Waals surface area contributed by atoms with E-state index in [1.807, 2.05) is 25.1 Å². The van der Waals surface area contributed by atoms with E-state index in [0.29, 0.717) is 0 Å². The largest absolute Gasteiger partial charge is 0.377 e. The number of benzene rings is 1. The van der Waals surface area contributed by atoms with Gasteiger partial charge in [0.25, 0.3) is 0 Å². The van der Waals surface area contributed by atoms with Crippen LogP contribution in [-0.2, 0) is 10.0 Å². The van der Waals surface area contributed by atoms with Gasteiger partial charge in [0, 0.05) is 6.04 Å². The summed E-state index contributed by atoms with van der Waals surface area (Å²) >= 11 is 3.27. The van der Waals surface area contributed by atoms with Gasteiger partial charge in [-0.1, -0.05) is 12.1 Å². The number of pyridine rings is 1. The summed E-state index contributed by atoms with van der Waals surface area (Å²) in [6.45, 7) is 1.93. The number of nitrogens with zero attached hydrogens (tertiary/aromatic N) is 1. The highest BCUT2D eigenvalue weighted by molar-refractivity contribution is 9.10. The minimum absolute atomic E-state index is 0.0697. The van der Waals surface area contributed by atoms with Crippen LogP contribution in [-0.4, -0.2) is 13.4 Å². The zero-order valence-electron chi connectivity index (χ0n) is 10.7. The minimum Gasteiger partial charge on any atom is -0.377 e. The average molecular weight is 356 g/mol. The summed E-state index contributed by atoms with van der Waals surface area (Å²) in [6, 6.07) is 10.2. The molecule has 1 atom stereocenters. The second kappa shape index (κ2) is 5.90. The Bertz CT molecular complexity index is 702. The molecule has 2 rings (SSSR count). The van der Waals surface area contributed by atoms with Gasteiger partial charge in [-0.25, -0.2) is 18.5 Å². The summed E-state index contributed by atoms with van der Waals surface area (Å²) in [5.41, 5.74) is 1.68. The van der Waals surface area contributed by atoms with Crippen molar-refractivity contribution in [2.45, 2.75) is 17.9 Å². The third kappa shape index (κ3) is 3.78. The van der Waals surface area contributed by atoms with E-state index in [1.165, 1.54) is 6.07 Å². The number of hydrogen-bond acceptors (Lipinski definition) is 4. The maximum absolute atomic E-state index is 11.3. The molecule has 7 heteroatoms. The Morgan fingerprint density at radius 1 is 1.30 bits per heavy atom. The molecule has 0 aliphatic carbocycles. The lowest BCUT2D eigenvalue weighted by Gasteiger charge is -2.16. The lowest BCUT2D eigenvalue weighted by Crippen LogP contribution is -2.13. The summed E-state index contributed by atoms with van der Waals surface area (Å²) in [4.78, 5) is 4.23. The number of rotatable bonds is 4. The molecule has 1 heterocycles. The molecule has 0 bridgehead atoms. The minimum atomic E-state index is -3.68. The number of nitrogens with two attached hydrogens (primary N) is 1. The highest BCUT2D eigenvalue weighted by Crippen LogP contribution is 2.21. The van der Waals surface area contributed by atoms with Crippen LogP contribution in [0.4, 0.5) is 5.69 Å². The van der Waals surface area contributed by atoms with Crippen LogP contribution in [0.25, 0.3) is 0 Å². The molecular formula is C13H14BrN3O2S. The van der Waals surface area contributed by atoms with Gasteiger partial charge in [-0.15, -0.1) is 0 Å². The topological polar surface area (TPSA) is 85.1 Å². The SMILES string of the molecule is CC(Nc1ccc(Br)nc1)c1cccc(S(N)(=O)=O)c1. The second-order valence-electron chi connectivity index (χ2n) is 4.35. The summed E-state index contributed by atoms with van der Waals surface area (Å²) < 4.78 is 23.4. The van der Waals surface area contributed by atoms with Gasteiger partial charge < -0.3 is 5.32 Å². The Hall–Kier alpha value is -1.44. The standard InChI is InChI=1S/C13H14BrN3O2S/c1-9(17-11-5-6-13(14)16-8-11)10-3-2-4-12(7-10)20(15,18)19/h2-9,17H,1H3,(H2,15,18,19). The zero-order valence-corrected chi connectivity index (χ0v) is 13.1. The molecule has 106 valence electrons. The van der Waals surface area contributed by atoms with Crippen molar-refractivity contribution < 1.29 is 8.42 Å². The molecule has 2 aromatic rings. The Morgan fingerprint density at radius 3 is 2.65 bits per heavy atom. The first-order valence-corrected chi connectivity index (χ1v) is 8.21. The quantitative estimate of drug-likeness (QED) is 0.825. The summed E-state index contributed by atoms with van der Waals surface area (Å²) in [7, 11) is -3.68. The van der Waals surface area contributed by atoms with Crippen LogP contribution in [0.3, 0.4) is 0 Å². The van der Waals surface area contributed by atoms with Crippen LogP contribution >= 0.6 is 15.9 Å². The summed E-state index contributed by atoms with van der Waals surface area (Å²) in [5, 5.41) is 8.38. The van der Waals surface area contributed by atoms with E-state index >= 15 is 0 Å². The molecule has 0 aliphatic rings. The van der Waals surface area contributed by atoms with Crippen molar-refractivity contribution >= 4 is 31.6 Å². The third-order valence-electron chi connectivity index (χ3n) is 2.80. The van der Waals surface area contributed by atoms with Gasteiger partial charge in [-0.2, -0.15) is 0 Å². The van der Waals surface area contributed by atoms with Crippen molar-refractivity contribution in [1.29, 1.82) is 0 Å². The fraction of sp³-hybridized carbons (Fsp3) is 0.154. The second-order valence-corrected chi connectivity index (χ2v) is 6.73. The first-order chi connectivity index (χ1) is 9.36. The smallest absolute Gasteiger partial charge is 0.238 e. The van der Waals surface area contributed by atoms with E-state index in [9.17, 15) is 8.42 Å². The molecule has 0 fully saturated rings. The van der Waals surface area contributed by atoms with Gasteiger partial charge in [0.1, 0.15) is 4.60 Å². The molecule has 0 saturated carbocycles. The molecule has 0 spiro atoms. The molecule has 0 aliphatic heterocycles. The van der Waals surface area contributed by atoms with Crippen molar-refractivity contribution in [1.82, 2.24) is 4.98 Å². The summed E-state index contributed by atoms with van der Waals surface area (Å²) in [5.74, 6) is 0. The predicted molar refractivity (Wildman–Crippen MR) is 81.8 cm³/mol. The normalized spacial score (nSPS) is 12.9. The average Bonchev–Trinajstić information content (AvgIpc) is 2.40. The number of halogens is 1. The van der Waals surface area contributed by atoms with E-state index in [1.54, 1.807) is 18.3 Å². The number of aromatic nitrogens is 1. The van der Waals surface area contributed by atoms with Gasteiger partial charge in [0.05, 0.1) is 16.8 Å². The first kappa shape index (κ1) is 15.0. The molecule has 0 amide bonds. The molecule has 20 heavy (non-hydrogen) atoms. The number of nitrogens with one attached hydrogen (secondary N) is 1. The maximum atomic E-state index is 11.3. The highest BCUT2D eigenvalue weighted by atomic mass is 79.9. The van der Waals surface area contributed by atoms with Crippen LogP contribution in [0, 0.1) is 0 Å². The van der Waals surface area contributed by atoms with Gasteiger partial charge in [0.15, 0.2) is 0 Å². The van der Waals surface area contributed by atoms with Gasteiger partial charge >= 0.3 is 0 Å². The fourth-order valence-electron chi connectivity index (χ4n) is 1.76. The monoisotopic (exact) mass is 355 g/mol. The van der Waals surface area contributed by atoms with E-state index in [4.69, 9.17) is 5.14 Å². The predicted octanol–water partition coefficient (Wildman–Crippen LogP) is 2.66. The van der Waals surface area contributed by atoms with Crippen LogP contribution in [0.15, 0.2) is 52.1 Å². The molecule has 1 unspecified atom stereocenters. The van der Waals surface area contributed by atoms with Crippen molar-refractivity contribution in [3.05, 3.63) is 52.8 Å². The van der Waals surface area contributed by atoms with Gasteiger partial charge in [-0.05, 0) is 52.7 Å². The molecule has 1 aromatic carbocycles. The summed E-state index contributed by atoms with van der Waals surface area (Å²) in [6.07, 6.45) is 1.70. The van der Waals surface area contributed by atoms with Crippen molar-refractivity contribution in [3.8, 4) is 0 Å². The van der Waals surface area contributed by atoms with E-state index in [2.05, 4.69) is 26.2 Å². The van der Waals surface area contributed by atoms with Crippen molar-refractivity contribution in [2.75, 3.05) is 5.32 Å². The number of primary sulfonamides is 1. The molecule has 0 radical (unpaired) electrons. The molecule has 1 aromatic heterocycles. The van der Waals surface area contributed by atoms with E-state index in [0.717, 1.165) is 15.9 Å². The molecule has 5 nitrogen and oxygen atoms in total.